The van der Waals surface area contributed by atoms with Crippen molar-refractivity contribution >= 4 is 11.3 Å². The number of nitrogens with one attached hydrogen (secondary N) is 1. The summed E-state index contributed by atoms with van der Waals surface area (Å²) in [4.78, 5) is 5.31. The number of likely N-dealkylation sites (N-methyl/N-ethyl adjacent to an activating group) is 1. The molecule has 0 saturated carbocycles. The van der Waals surface area contributed by atoms with Crippen LogP contribution in [-0.4, -0.2) is 37.7 Å². The SMILES string of the molecule is CCCNCc1ccc(CN(C)C2CCOC2)s1. The molecule has 1 aliphatic heterocycles. The Bertz CT molecular complexity index is 347. The lowest BCUT2D eigenvalue weighted by atomic mass is 10.2. The molecule has 1 aromatic rings. The molecule has 2 rings (SSSR count). The molecule has 1 aromatic heterocycles. The molecule has 0 aliphatic carbocycles. The normalized spacial score (nSPS) is 19.8. The van der Waals surface area contributed by atoms with Gasteiger partial charge in [-0.05, 0) is 38.6 Å². The van der Waals surface area contributed by atoms with Gasteiger partial charge in [0.1, 0.15) is 0 Å². The van der Waals surface area contributed by atoms with Crippen molar-refractivity contribution in [3.8, 4) is 0 Å². The second-order valence-electron chi connectivity index (χ2n) is 4.98. The van der Waals surface area contributed by atoms with E-state index in [0.717, 1.165) is 32.8 Å². The van der Waals surface area contributed by atoms with Crippen LogP contribution in [0.4, 0.5) is 0 Å². The van der Waals surface area contributed by atoms with Crippen LogP contribution in [0, 0.1) is 0 Å². The van der Waals surface area contributed by atoms with E-state index in [2.05, 4.69) is 36.3 Å². The number of rotatable bonds is 7. The smallest absolute Gasteiger partial charge is 0.0622 e. The van der Waals surface area contributed by atoms with E-state index in [9.17, 15) is 0 Å². The third-order valence-corrected chi connectivity index (χ3v) is 4.45. The van der Waals surface area contributed by atoms with Crippen LogP contribution in [-0.2, 0) is 17.8 Å². The van der Waals surface area contributed by atoms with Crippen LogP contribution in [0.15, 0.2) is 12.1 Å². The molecule has 1 atom stereocenters. The van der Waals surface area contributed by atoms with E-state index in [0.29, 0.717) is 6.04 Å². The topological polar surface area (TPSA) is 24.5 Å². The summed E-state index contributed by atoms with van der Waals surface area (Å²) in [6.45, 7) is 7.18. The Balaban J connectivity index is 1.78. The molecule has 1 unspecified atom stereocenters. The minimum Gasteiger partial charge on any atom is -0.380 e. The van der Waals surface area contributed by atoms with Crippen LogP contribution in [0.2, 0.25) is 0 Å². The molecule has 2 heterocycles. The quantitative estimate of drug-likeness (QED) is 0.769. The minimum atomic E-state index is 0.605. The zero-order chi connectivity index (χ0) is 12.8. The highest BCUT2D eigenvalue weighted by atomic mass is 32.1. The number of hydrogen-bond donors (Lipinski definition) is 1. The third kappa shape index (κ3) is 4.05. The zero-order valence-electron chi connectivity index (χ0n) is 11.4. The maximum Gasteiger partial charge on any atom is 0.0622 e. The van der Waals surface area contributed by atoms with E-state index in [4.69, 9.17) is 4.74 Å². The molecule has 0 radical (unpaired) electrons. The molecule has 102 valence electrons. The highest BCUT2D eigenvalue weighted by Gasteiger charge is 2.20. The van der Waals surface area contributed by atoms with Crippen molar-refractivity contribution < 1.29 is 4.74 Å². The monoisotopic (exact) mass is 268 g/mol. The molecule has 0 bridgehead atoms. The Labute approximate surface area is 114 Å². The van der Waals surface area contributed by atoms with Crippen LogP contribution in [0.1, 0.15) is 29.5 Å². The Kier molecular flexibility index (Phi) is 5.63. The van der Waals surface area contributed by atoms with Crippen molar-refractivity contribution in [3.63, 3.8) is 0 Å². The molecule has 0 spiro atoms. The average Bonchev–Trinajstić information content (AvgIpc) is 3.00. The molecule has 1 aliphatic rings. The second-order valence-corrected chi connectivity index (χ2v) is 6.23. The Morgan fingerprint density at radius 3 is 3.00 bits per heavy atom. The van der Waals surface area contributed by atoms with Gasteiger partial charge in [-0.3, -0.25) is 4.90 Å². The molecule has 0 aromatic carbocycles. The van der Waals surface area contributed by atoms with Gasteiger partial charge in [0, 0.05) is 35.5 Å². The Morgan fingerprint density at radius 2 is 2.28 bits per heavy atom. The molecule has 3 nitrogen and oxygen atoms in total. The summed E-state index contributed by atoms with van der Waals surface area (Å²) in [6, 6.07) is 5.12. The van der Waals surface area contributed by atoms with Crippen molar-refractivity contribution in [1.29, 1.82) is 0 Å². The molecular weight excluding hydrogens is 244 g/mol. The molecule has 18 heavy (non-hydrogen) atoms. The first kappa shape index (κ1) is 14.0. The predicted molar refractivity (Wildman–Crippen MR) is 77.0 cm³/mol. The van der Waals surface area contributed by atoms with Gasteiger partial charge < -0.3 is 10.1 Å². The summed E-state index contributed by atoms with van der Waals surface area (Å²) in [5.41, 5.74) is 0. The molecule has 1 saturated heterocycles. The molecule has 4 heteroatoms. The molecule has 1 fully saturated rings. The van der Waals surface area contributed by atoms with Gasteiger partial charge in [-0.25, -0.2) is 0 Å². The van der Waals surface area contributed by atoms with Gasteiger partial charge in [0.25, 0.3) is 0 Å². The molecular formula is C14H24N2OS. The predicted octanol–water partition coefficient (Wildman–Crippen LogP) is 2.47. The lowest BCUT2D eigenvalue weighted by Gasteiger charge is -2.21. The van der Waals surface area contributed by atoms with Crippen LogP contribution in [0.3, 0.4) is 0 Å². The zero-order valence-corrected chi connectivity index (χ0v) is 12.3. The van der Waals surface area contributed by atoms with Gasteiger partial charge in [0.15, 0.2) is 0 Å². The number of hydrogen-bond acceptors (Lipinski definition) is 4. The second kappa shape index (κ2) is 7.24. The van der Waals surface area contributed by atoms with Crippen molar-refractivity contribution in [3.05, 3.63) is 21.9 Å². The fraction of sp³-hybridized carbons (Fsp3) is 0.714. The summed E-state index contributed by atoms with van der Waals surface area (Å²) < 4.78 is 5.44. The van der Waals surface area contributed by atoms with E-state index in [1.165, 1.54) is 22.6 Å². The standard InChI is InChI=1S/C14H24N2OS/c1-3-7-15-9-13-4-5-14(18-13)10-16(2)12-6-8-17-11-12/h4-5,12,15H,3,6-11H2,1-2H3. The van der Waals surface area contributed by atoms with E-state index in [-0.39, 0.29) is 0 Å². The lowest BCUT2D eigenvalue weighted by Crippen LogP contribution is -2.30. The maximum atomic E-state index is 5.44. The van der Waals surface area contributed by atoms with Crippen molar-refractivity contribution in [2.45, 2.75) is 38.9 Å². The fourth-order valence-electron chi connectivity index (χ4n) is 2.24. The first-order chi connectivity index (χ1) is 8.79. The highest BCUT2D eigenvalue weighted by molar-refractivity contribution is 7.11. The largest absolute Gasteiger partial charge is 0.380 e. The van der Waals surface area contributed by atoms with Gasteiger partial charge in [-0.2, -0.15) is 0 Å². The van der Waals surface area contributed by atoms with Crippen molar-refractivity contribution in [2.24, 2.45) is 0 Å². The van der Waals surface area contributed by atoms with Gasteiger partial charge >= 0.3 is 0 Å². The summed E-state index contributed by atoms with van der Waals surface area (Å²) in [5, 5.41) is 3.45. The Hall–Kier alpha value is -0.420. The van der Waals surface area contributed by atoms with Crippen LogP contribution in [0.25, 0.3) is 0 Å². The van der Waals surface area contributed by atoms with E-state index in [1.54, 1.807) is 0 Å². The highest BCUT2D eigenvalue weighted by Crippen LogP contribution is 2.20. The third-order valence-electron chi connectivity index (χ3n) is 3.38. The van der Waals surface area contributed by atoms with Gasteiger partial charge in [-0.15, -0.1) is 11.3 Å². The van der Waals surface area contributed by atoms with Crippen LogP contribution < -0.4 is 5.32 Å². The first-order valence-corrected chi connectivity index (χ1v) is 7.67. The fourth-order valence-corrected chi connectivity index (χ4v) is 3.29. The van der Waals surface area contributed by atoms with Gasteiger partial charge in [0.2, 0.25) is 0 Å². The summed E-state index contributed by atoms with van der Waals surface area (Å²) in [5.74, 6) is 0. The molecule has 0 amide bonds. The summed E-state index contributed by atoms with van der Waals surface area (Å²) in [6.07, 6.45) is 2.37. The molecule has 1 N–H and O–H groups in total. The maximum absolute atomic E-state index is 5.44. The van der Waals surface area contributed by atoms with E-state index >= 15 is 0 Å². The minimum absolute atomic E-state index is 0.605. The summed E-state index contributed by atoms with van der Waals surface area (Å²) >= 11 is 1.93. The number of thiophene rings is 1. The number of nitrogens with zero attached hydrogens (tertiary/aromatic N) is 1. The van der Waals surface area contributed by atoms with E-state index in [1.807, 2.05) is 11.3 Å². The average molecular weight is 268 g/mol. The van der Waals surface area contributed by atoms with Crippen LogP contribution >= 0.6 is 11.3 Å². The Morgan fingerprint density at radius 1 is 1.44 bits per heavy atom. The van der Waals surface area contributed by atoms with E-state index < -0.39 is 0 Å². The first-order valence-electron chi connectivity index (χ1n) is 6.86. The van der Waals surface area contributed by atoms with Crippen LogP contribution in [0.5, 0.6) is 0 Å². The van der Waals surface area contributed by atoms with Crippen molar-refractivity contribution in [1.82, 2.24) is 10.2 Å². The van der Waals surface area contributed by atoms with Gasteiger partial charge in [0.05, 0.1) is 6.61 Å². The lowest BCUT2D eigenvalue weighted by molar-refractivity contribution is 0.157. The van der Waals surface area contributed by atoms with Gasteiger partial charge in [-0.1, -0.05) is 6.92 Å². The van der Waals surface area contributed by atoms with Crippen molar-refractivity contribution in [2.75, 3.05) is 26.8 Å². The summed E-state index contributed by atoms with van der Waals surface area (Å²) in [7, 11) is 2.20. The number of ether oxygens (including phenoxy) is 1.